The van der Waals surface area contributed by atoms with Crippen LogP contribution in [0.1, 0.15) is 83.3 Å². The molecule has 0 heterocycles. The highest BCUT2D eigenvalue weighted by molar-refractivity contribution is 6.09. The van der Waals surface area contributed by atoms with Crippen LogP contribution in [0.3, 0.4) is 0 Å². The molecule has 0 spiro atoms. The number of fused-ring (bicyclic) bond motifs is 3. The van der Waals surface area contributed by atoms with Crippen LogP contribution in [0.25, 0.3) is 11.1 Å². The Hall–Kier alpha value is -10.0. The quantitative estimate of drug-likeness (QED) is 0.0709. The van der Waals surface area contributed by atoms with Gasteiger partial charge in [0.25, 0.3) is 0 Å². The number of ether oxygens (including phenoxy) is 4. The van der Waals surface area contributed by atoms with Gasteiger partial charge in [0.2, 0.25) is 0 Å². The van der Waals surface area contributed by atoms with E-state index in [4.69, 9.17) is 18.9 Å². The minimum atomic E-state index is -0.541. The van der Waals surface area contributed by atoms with Crippen molar-refractivity contribution < 1.29 is 28.5 Å². The molecule has 12 rings (SSSR count). The molecule has 11 aromatic carbocycles. The molecule has 0 bridgehead atoms. The summed E-state index contributed by atoms with van der Waals surface area (Å²) >= 11 is 0. The van der Waals surface area contributed by atoms with Crippen molar-refractivity contribution in [1.29, 1.82) is 0 Å². The highest BCUT2D eigenvalue weighted by atomic mass is 16.5. The predicted molar refractivity (Wildman–Crippen MR) is 313 cm³/mol. The molecule has 6 heteroatoms. The lowest BCUT2D eigenvalue weighted by Gasteiger charge is -2.34. The van der Waals surface area contributed by atoms with Crippen molar-refractivity contribution in [2.45, 2.75) is 24.7 Å². The van der Waals surface area contributed by atoms with Gasteiger partial charge in [0, 0.05) is 27.7 Å². The van der Waals surface area contributed by atoms with E-state index in [0.717, 1.165) is 39.1 Å². The van der Waals surface area contributed by atoms with Crippen LogP contribution in [0, 0.1) is 6.92 Å². The molecule has 0 aromatic heterocycles. The molecule has 79 heavy (non-hydrogen) atoms. The number of hydrogen-bond donors (Lipinski definition) is 0. The Morgan fingerprint density at radius 1 is 0.329 bits per heavy atom. The van der Waals surface area contributed by atoms with E-state index >= 15 is 0 Å². The van der Waals surface area contributed by atoms with E-state index < -0.39 is 10.8 Å². The molecular formula is C73H54O6. The van der Waals surface area contributed by atoms with Gasteiger partial charge in [-0.25, -0.2) is 0 Å². The van der Waals surface area contributed by atoms with Crippen LogP contribution in [0.4, 0.5) is 0 Å². The van der Waals surface area contributed by atoms with E-state index in [0.29, 0.717) is 56.8 Å². The maximum Gasteiger partial charge on any atom is 0.193 e. The number of carbonyl (C=O) groups excluding carboxylic acids is 2. The zero-order chi connectivity index (χ0) is 53.9. The minimum absolute atomic E-state index is 0.0256. The number of methoxy groups -OCH3 is 1. The molecular weight excluding hydrogens is 973 g/mol. The first-order chi connectivity index (χ1) is 38.7. The Morgan fingerprint density at radius 3 is 0.987 bits per heavy atom. The van der Waals surface area contributed by atoms with Crippen LogP contribution >= 0.6 is 0 Å². The van der Waals surface area contributed by atoms with E-state index in [2.05, 4.69) is 128 Å². The van der Waals surface area contributed by atoms with Gasteiger partial charge in [-0.05, 0) is 185 Å². The van der Waals surface area contributed by atoms with Crippen LogP contribution in [-0.2, 0) is 10.8 Å². The van der Waals surface area contributed by atoms with Gasteiger partial charge in [-0.3, -0.25) is 9.59 Å². The number of hydrogen-bond acceptors (Lipinski definition) is 6. The fraction of sp³-hybridized carbons (Fsp3) is 0.0685. The molecule has 0 radical (unpaired) electrons. The molecule has 1 atom stereocenters. The minimum Gasteiger partial charge on any atom is -0.497 e. The highest BCUT2D eigenvalue weighted by Gasteiger charge is 2.46. The van der Waals surface area contributed by atoms with Gasteiger partial charge in [-0.1, -0.05) is 157 Å². The average Bonchev–Trinajstić information content (AvgIpc) is 4.05. The van der Waals surface area contributed by atoms with E-state index in [1.165, 1.54) is 22.3 Å². The van der Waals surface area contributed by atoms with Crippen molar-refractivity contribution >= 4 is 11.6 Å². The topological polar surface area (TPSA) is 71.1 Å². The summed E-state index contributed by atoms with van der Waals surface area (Å²) < 4.78 is 24.5. The van der Waals surface area contributed by atoms with Crippen LogP contribution < -0.4 is 18.9 Å². The molecule has 1 aliphatic rings. The number of carbonyl (C=O) groups is 2. The van der Waals surface area contributed by atoms with E-state index in [1.54, 1.807) is 43.5 Å². The molecule has 0 saturated heterocycles. The Morgan fingerprint density at radius 2 is 0.620 bits per heavy atom. The lowest BCUT2D eigenvalue weighted by atomic mass is 9.68. The first-order valence-electron chi connectivity index (χ1n) is 26.4. The van der Waals surface area contributed by atoms with E-state index in [1.807, 2.05) is 122 Å². The number of ketones is 2. The van der Waals surface area contributed by atoms with E-state index in [-0.39, 0.29) is 11.6 Å². The SMILES string of the molecule is COc1ccc(C2(c3ccc(Oc4ccc(C(=O)c5ccc(Oc6ccc(C(C)(c7ccccc7)c7ccc(Oc8ccc(C(=O)c9ccc(C)cc9)cc8)cc7)cc6)cc5)cc4)cc3)c3ccccc3-c3ccccc32)cc1. The van der Waals surface area contributed by atoms with Gasteiger partial charge < -0.3 is 18.9 Å². The second-order valence-corrected chi connectivity index (χ2v) is 20.0. The first-order valence-corrected chi connectivity index (χ1v) is 26.4. The summed E-state index contributed by atoms with van der Waals surface area (Å²) in [5, 5.41) is 0. The summed E-state index contributed by atoms with van der Waals surface area (Å²) in [4.78, 5) is 26.8. The Bertz CT molecular complexity index is 3900. The van der Waals surface area contributed by atoms with Crippen LogP contribution in [-0.4, -0.2) is 18.7 Å². The molecule has 1 aliphatic carbocycles. The van der Waals surface area contributed by atoms with Crippen molar-refractivity contribution in [1.82, 2.24) is 0 Å². The van der Waals surface area contributed by atoms with Crippen LogP contribution in [0.15, 0.2) is 273 Å². The molecule has 6 nitrogen and oxygen atoms in total. The van der Waals surface area contributed by atoms with Crippen molar-refractivity contribution in [3.05, 3.63) is 340 Å². The molecule has 0 amide bonds. The summed E-state index contributed by atoms with van der Waals surface area (Å²) in [6.07, 6.45) is 0. The number of benzene rings is 11. The van der Waals surface area contributed by atoms with Crippen molar-refractivity contribution in [2.75, 3.05) is 7.11 Å². The van der Waals surface area contributed by atoms with Crippen molar-refractivity contribution in [3.63, 3.8) is 0 Å². The van der Waals surface area contributed by atoms with Crippen LogP contribution in [0.2, 0.25) is 0 Å². The third-order valence-electron chi connectivity index (χ3n) is 15.3. The van der Waals surface area contributed by atoms with Gasteiger partial charge in [-0.2, -0.15) is 0 Å². The normalized spacial score (nSPS) is 12.8. The zero-order valence-electron chi connectivity index (χ0n) is 43.9. The van der Waals surface area contributed by atoms with Gasteiger partial charge >= 0.3 is 0 Å². The summed E-state index contributed by atoms with van der Waals surface area (Å²) in [6, 6.07) is 90.1. The zero-order valence-corrected chi connectivity index (χ0v) is 43.9. The molecule has 0 aliphatic heterocycles. The Labute approximate surface area is 460 Å². The van der Waals surface area contributed by atoms with Crippen LogP contribution in [0.5, 0.6) is 40.2 Å². The first kappa shape index (κ1) is 49.8. The molecule has 11 aromatic rings. The van der Waals surface area contributed by atoms with E-state index in [9.17, 15) is 9.59 Å². The molecule has 0 saturated carbocycles. The van der Waals surface area contributed by atoms with Gasteiger partial charge in [0.1, 0.15) is 40.2 Å². The maximum atomic E-state index is 13.7. The van der Waals surface area contributed by atoms with Crippen molar-refractivity contribution in [3.8, 4) is 51.4 Å². The predicted octanol–water partition coefficient (Wildman–Crippen LogP) is 17.6. The summed E-state index contributed by atoms with van der Waals surface area (Å²) in [5.74, 6) is 4.61. The Balaban J connectivity index is 0.700. The standard InChI is InChI=1S/C73H54O6/c1-49-17-19-50(20-18-49)70(74)51-21-35-60(36-22-51)77-63-43-27-55(28-44-63)72(2,54-11-5-4-6-12-54)56-29-45-64(46-30-56)78-61-37-23-52(24-38-61)71(75)53-25-39-62(40-26-53)79-65-47-33-58(34-48-65)73(57-31-41-59(76-3)42-32-57)68-15-9-7-13-66(68)67-14-8-10-16-69(67)73/h4-48H,1-3H3. The Kier molecular flexibility index (Phi) is 13.4. The maximum absolute atomic E-state index is 13.7. The van der Waals surface area contributed by atoms with Gasteiger partial charge in [-0.15, -0.1) is 0 Å². The number of rotatable bonds is 16. The fourth-order valence-electron chi connectivity index (χ4n) is 11.1. The average molecular weight is 1030 g/mol. The second-order valence-electron chi connectivity index (χ2n) is 20.0. The summed E-state index contributed by atoms with van der Waals surface area (Å²) in [5.41, 5.74) is 12.9. The fourth-order valence-corrected chi connectivity index (χ4v) is 11.1. The third-order valence-corrected chi connectivity index (χ3v) is 15.3. The van der Waals surface area contributed by atoms with Gasteiger partial charge in [0.15, 0.2) is 11.6 Å². The highest BCUT2D eigenvalue weighted by Crippen LogP contribution is 2.56. The van der Waals surface area contributed by atoms with Crippen molar-refractivity contribution in [2.24, 2.45) is 0 Å². The molecule has 382 valence electrons. The molecule has 1 unspecified atom stereocenters. The second kappa shape index (κ2) is 21.2. The third kappa shape index (κ3) is 9.55. The summed E-state index contributed by atoms with van der Waals surface area (Å²) in [6.45, 7) is 4.23. The largest absolute Gasteiger partial charge is 0.497 e. The lowest BCUT2D eigenvalue weighted by Crippen LogP contribution is -2.28. The lowest BCUT2D eigenvalue weighted by molar-refractivity contribution is 0.103. The smallest absolute Gasteiger partial charge is 0.193 e. The molecule has 0 fully saturated rings. The monoisotopic (exact) mass is 1030 g/mol. The summed E-state index contributed by atoms with van der Waals surface area (Å²) in [7, 11) is 1.69. The van der Waals surface area contributed by atoms with Gasteiger partial charge in [0.05, 0.1) is 12.5 Å². The number of aryl methyl sites for hydroxylation is 1. The molecule has 0 N–H and O–H groups in total.